The molecule has 0 saturated heterocycles. The summed E-state index contributed by atoms with van der Waals surface area (Å²) in [5.41, 5.74) is 0.787. The zero-order chi connectivity index (χ0) is 17.5. The number of nitriles is 1. The van der Waals surface area contributed by atoms with E-state index in [2.05, 4.69) is 16.0 Å². The fourth-order valence-corrected chi connectivity index (χ4v) is 2.05. The maximum Gasteiger partial charge on any atom is 0.319 e. The lowest BCUT2D eigenvalue weighted by Gasteiger charge is -2.10. The predicted molar refractivity (Wildman–Crippen MR) is 88.4 cm³/mol. The maximum absolute atomic E-state index is 12.3. The van der Waals surface area contributed by atoms with Crippen molar-refractivity contribution < 1.29 is 14.4 Å². The van der Waals surface area contributed by atoms with Gasteiger partial charge in [-0.25, -0.2) is 4.79 Å². The van der Waals surface area contributed by atoms with Crippen molar-refractivity contribution in [2.75, 3.05) is 11.9 Å². The number of nitrogens with one attached hydrogen (secondary N) is 3. The monoisotopic (exact) mass is 328 g/mol. The van der Waals surface area contributed by atoms with E-state index < -0.39 is 17.6 Å². The number of nitrogens with zero attached hydrogens (tertiary/aromatic N) is 1. The molecule has 3 N–H and O–H groups in total. The van der Waals surface area contributed by atoms with Gasteiger partial charge in [0.2, 0.25) is 5.91 Å². The lowest BCUT2D eigenvalue weighted by molar-refractivity contribution is -0.122. The van der Waals surface area contributed by atoms with Crippen LogP contribution in [-0.2, 0) is 4.79 Å². The molecule has 2 rings (SSSR count). The zero-order valence-electron chi connectivity index (χ0n) is 13.5. The van der Waals surface area contributed by atoms with Crippen molar-refractivity contribution in [2.24, 2.45) is 5.92 Å². The third-order valence-electron chi connectivity index (χ3n) is 3.54. The Morgan fingerprint density at radius 1 is 1.25 bits per heavy atom. The fraction of sp³-hybridized carbons (Fsp3) is 0.412. The maximum atomic E-state index is 12.3. The Bertz CT molecular complexity index is 659. The first-order valence-electron chi connectivity index (χ1n) is 7.94. The zero-order valence-corrected chi connectivity index (χ0v) is 13.5. The summed E-state index contributed by atoms with van der Waals surface area (Å²) in [6, 6.07) is 7.83. The number of benzene rings is 1. The van der Waals surface area contributed by atoms with E-state index in [0.29, 0.717) is 12.2 Å². The largest absolute Gasteiger partial charge is 0.355 e. The number of urea groups is 1. The van der Waals surface area contributed by atoms with Crippen molar-refractivity contribution in [3.05, 3.63) is 29.8 Å². The van der Waals surface area contributed by atoms with Crippen molar-refractivity contribution in [1.29, 1.82) is 5.26 Å². The summed E-state index contributed by atoms with van der Waals surface area (Å²) in [7, 11) is 0. The van der Waals surface area contributed by atoms with E-state index in [1.54, 1.807) is 18.2 Å². The molecule has 0 heterocycles. The summed E-state index contributed by atoms with van der Waals surface area (Å²) in [5.74, 6) is -2.51. The van der Waals surface area contributed by atoms with E-state index in [1.165, 1.54) is 12.1 Å². The van der Waals surface area contributed by atoms with Crippen molar-refractivity contribution in [3.8, 4) is 6.07 Å². The highest BCUT2D eigenvalue weighted by Crippen LogP contribution is 2.19. The molecule has 1 aromatic carbocycles. The first kappa shape index (κ1) is 17.5. The smallest absolute Gasteiger partial charge is 0.319 e. The normalized spacial score (nSPS) is 14.2. The number of ketones is 1. The molecule has 1 unspecified atom stereocenters. The van der Waals surface area contributed by atoms with Gasteiger partial charge in [0.1, 0.15) is 0 Å². The van der Waals surface area contributed by atoms with Crippen LogP contribution in [0.25, 0.3) is 0 Å². The number of carbonyl (C=O) groups is 3. The molecule has 1 fully saturated rings. The number of carbonyl (C=O) groups excluding carboxylic acids is 3. The van der Waals surface area contributed by atoms with E-state index in [9.17, 15) is 14.4 Å². The van der Waals surface area contributed by atoms with Crippen LogP contribution in [0, 0.1) is 17.2 Å². The van der Waals surface area contributed by atoms with Gasteiger partial charge >= 0.3 is 6.03 Å². The molecule has 1 aliphatic rings. The summed E-state index contributed by atoms with van der Waals surface area (Å²) in [4.78, 5) is 35.8. The molecular weight excluding hydrogens is 308 g/mol. The van der Waals surface area contributed by atoms with Gasteiger partial charge in [-0.3, -0.25) is 9.59 Å². The van der Waals surface area contributed by atoms with Gasteiger partial charge in [0.05, 0.1) is 6.07 Å². The average molecular weight is 328 g/mol. The average Bonchev–Trinajstić information content (AvgIpc) is 3.37. The topological polar surface area (TPSA) is 111 Å². The second-order valence-corrected chi connectivity index (χ2v) is 5.67. The molecule has 24 heavy (non-hydrogen) atoms. The van der Waals surface area contributed by atoms with E-state index in [-0.39, 0.29) is 17.6 Å². The van der Waals surface area contributed by atoms with Gasteiger partial charge in [-0.1, -0.05) is 6.92 Å². The fourth-order valence-electron chi connectivity index (χ4n) is 2.05. The van der Waals surface area contributed by atoms with E-state index in [1.807, 2.05) is 6.92 Å². The van der Waals surface area contributed by atoms with Crippen molar-refractivity contribution in [2.45, 2.75) is 32.2 Å². The lowest BCUT2D eigenvalue weighted by Crippen LogP contribution is -2.35. The Kier molecular flexibility index (Phi) is 5.90. The van der Waals surface area contributed by atoms with Crippen LogP contribution >= 0.6 is 0 Å². The molecule has 0 radical (unpaired) electrons. The van der Waals surface area contributed by atoms with Gasteiger partial charge in [-0.15, -0.1) is 0 Å². The van der Waals surface area contributed by atoms with Crippen molar-refractivity contribution in [1.82, 2.24) is 10.6 Å². The Labute approximate surface area is 140 Å². The highest BCUT2D eigenvalue weighted by atomic mass is 16.2. The molecule has 1 aliphatic carbocycles. The van der Waals surface area contributed by atoms with Crippen LogP contribution in [0.3, 0.4) is 0 Å². The van der Waals surface area contributed by atoms with Crippen LogP contribution in [0.4, 0.5) is 10.5 Å². The van der Waals surface area contributed by atoms with E-state index >= 15 is 0 Å². The molecule has 1 aromatic rings. The highest BCUT2D eigenvalue weighted by molar-refractivity contribution is 6.12. The minimum Gasteiger partial charge on any atom is -0.355 e. The molecule has 7 nitrogen and oxygen atoms in total. The van der Waals surface area contributed by atoms with Crippen LogP contribution in [-0.4, -0.2) is 30.3 Å². The summed E-state index contributed by atoms with van der Waals surface area (Å²) >= 11 is 0. The van der Waals surface area contributed by atoms with Crippen LogP contribution in [0.5, 0.6) is 0 Å². The van der Waals surface area contributed by atoms with Crippen LogP contribution in [0.15, 0.2) is 24.3 Å². The van der Waals surface area contributed by atoms with Crippen LogP contribution in [0.1, 0.15) is 36.5 Å². The highest BCUT2D eigenvalue weighted by Gasteiger charge is 2.27. The van der Waals surface area contributed by atoms with Crippen LogP contribution in [0.2, 0.25) is 0 Å². The SMILES string of the molecule is CCCNC(=O)C(C#N)C(=O)c1ccc(NC(=O)NC2CC2)cc1. The van der Waals surface area contributed by atoms with Crippen molar-refractivity contribution in [3.63, 3.8) is 0 Å². The first-order chi connectivity index (χ1) is 11.5. The molecule has 7 heteroatoms. The second kappa shape index (κ2) is 8.11. The molecular formula is C17H20N4O3. The minimum absolute atomic E-state index is 0.251. The number of hydrogen-bond donors (Lipinski definition) is 3. The van der Waals surface area contributed by atoms with Crippen molar-refractivity contribution >= 4 is 23.4 Å². The van der Waals surface area contributed by atoms with E-state index in [0.717, 1.165) is 19.3 Å². The summed E-state index contributed by atoms with van der Waals surface area (Å²) in [6.07, 6.45) is 2.72. The lowest BCUT2D eigenvalue weighted by atomic mass is 9.98. The predicted octanol–water partition coefficient (Wildman–Crippen LogP) is 1.82. The number of Topliss-reactive ketones (excluding diaryl/α,β-unsaturated/α-hetero) is 1. The van der Waals surface area contributed by atoms with Gasteiger partial charge in [0.15, 0.2) is 11.7 Å². The number of anilines is 1. The molecule has 1 saturated carbocycles. The third kappa shape index (κ3) is 4.81. The number of hydrogen-bond acceptors (Lipinski definition) is 4. The molecule has 126 valence electrons. The molecule has 0 aliphatic heterocycles. The molecule has 1 atom stereocenters. The molecule has 0 bridgehead atoms. The Hall–Kier alpha value is -2.88. The summed E-state index contributed by atoms with van der Waals surface area (Å²) in [6.45, 7) is 2.30. The van der Waals surface area contributed by atoms with Gasteiger partial charge in [-0.2, -0.15) is 5.26 Å². The second-order valence-electron chi connectivity index (χ2n) is 5.67. The number of rotatable bonds is 7. The third-order valence-corrected chi connectivity index (χ3v) is 3.54. The molecule has 0 spiro atoms. The van der Waals surface area contributed by atoms with Gasteiger partial charge in [0.25, 0.3) is 0 Å². The minimum atomic E-state index is -1.37. The quantitative estimate of drug-likeness (QED) is 0.523. The number of amides is 3. The molecule has 0 aromatic heterocycles. The van der Waals surface area contributed by atoms with E-state index in [4.69, 9.17) is 5.26 Å². The van der Waals surface area contributed by atoms with Gasteiger partial charge < -0.3 is 16.0 Å². The summed E-state index contributed by atoms with van der Waals surface area (Å²) in [5, 5.41) is 17.1. The standard InChI is InChI=1S/C17H20N4O3/c1-2-9-19-16(23)14(10-18)15(22)11-3-5-12(6-4-11)20-17(24)21-13-7-8-13/h3-6,13-14H,2,7-9H2,1H3,(H,19,23)(H2,20,21,24). The summed E-state index contributed by atoms with van der Waals surface area (Å²) < 4.78 is 0. The van der Waals surface area contributed by atoms with Gasteiger partial charge in [-0.05, 0) is 43.5 Å². The van der Waals surface area contributed by atoms with Gasteiger partial charge in [0, 0.05) is 23.8 Å². The van der Waals surface area contributed by atoms with Crippen LogP contribution < -0.4 is 16.0 Å². The first-order valence-corrected chi connectivity index (χ1v) is 7.94. The molecule has 3 amide bonds. The Morgan fingerprint density at radius 2 is 1.92 bits per heavy atom. The Balaban J connectivity index is 1.97. The Morgan fingerprint density at radius 3 is 2.46 bits per heavy atom.